The molecule has 0 radical (unpaired) electrons. The van der Waals surface area contributed by atoms with E-state index in [2.05, 4.69) is 18.1 Å². The highest BCUT2D eigenvalue weighted by molar-refractivity contribution is 5.57. The van der Waals surface area contributed by atoms with Gasteiger partial charge in [-0.05, 0) is 32.1 Å². The number of allylic oxidation sites excluding steroid dienone is 1. The fourth-order valence-corrected chi connectivity index (χ4v) is 1.40. The molecule has 1 rings (SSSR count). The molecule has 1 saturated carbocycles. The van der Waals surface area contributed by atoms with Crippen LogP contribution in [0.4, 0.5) is 0 Å². The second-order valence-electron chi connectivity index (χ2n) is 3.09. The molecule has 62 valence electrons. The quantitative estimate of drug-likeness (QED) is 0.537. The standard InChI is InChI=1S/C10H17N/c1-2-8-11-9-10-6-4-3-5-7-10/h8-9H,2-7H2,1H3. The van der Waals surface area contributed by atoms with Gasteiger partial charge in [0.05, 0.1) is 0 Å². The molecule has 0 aromatic heterocycles. The summed E-state index contributed by atoms with van der Waals surface area (Å²) in [5.74, 6) is 0. The van der Waals surface area contributed by atoms with Crippen molar-refractivity contribution in [2.24, 2.45) is 4.99 Å². The third-order valence-electron chi connectivity index (χ3n) is 2.04. The fraction of sp³-hybridized carbons (Fsp3) is 0.700. The number of aliphatic imine (C=N–C) groups is 1. The van der Waals surface area contributed by atoms with Gasteiger partial charge in [-0.25, -0.2) is 0 Å². The number of hydrogen-bond donors (Lipinski definition) is 0. The van der Waals surface area contributed by atoms with E-state index in [0.717, 1.165) is 6.42 Å². The number of nitrogens with zero attached hydrogens (tertiary/aromatic N) is 1. The minimum atomic E-state index is 1.05. The van der Waals surface area contributed by atoms with Crippen molar-refractivity contribution in [3.05, 3.63) is 11.8 Å². The van der Waals surface area contributed by atoms with Gasteiger partial charge < -0.3 is 0 Å². The van der Waals surface area contributed by atoms with Gasteiger partial charge in [0.15, 0.2) is 0 Å². The summed E-state index contributed by atoms with van der Waals surface area (Å²) in [6, 6.07) is 0. The van der Waals surface area contributed by atoms with Crippen molar-refractivity contribution in [1.29, 1.82) is 0 Å². The van der Waals surface area contributed by atoms with Gasteiger partial charge in [0.25, 0.3) is 0 Å². The van der Waals surface area contributed by atoms with Gasteiger partial charge in [-0.2, -0.15) is 0 Å². The Kier molecular flexibility index (Phi) is 3.95. The molecule has 1 nitrogen and oxygen atoms in total. The largest absolute Gasteiger partial charge is 0.269 e. The molecule has 11 heavy (non-hydrogen) atoms. The van der Waals surface area contributed by atoms with E-state index in [4.69, 9.17) is 0 Å². The molecule has 0 N–H and O–H groups in total. The van der Waals surface area contributed by atoms with Crippen molar-refractivity contribution in [3.63, 3.8) is 0 Å². The third kappa shape index (κ3) is 3.35. The molecular weight excluding hydrogens is 134 g/mol. The van der Waals surface area contributed by atoms with E-state index in [1.54, 1.807) is 5.57 Å². The van der Waals surface area contributed by atoms with Gasteiger partial charge in [-0.3, -0.25) is 4.99 Å². The monoisotopic (exact) mass is 151 g/mol. The van der Waals surface area contributed by atoms with E-state index in [-0.39, 0.29) is 0 Å². The molecule has 0 spiro atoms. The fourth-order valence-electron chi connectivity index (χ4n) is 1.40. The highest BCUT2D eigenvalue weighted by Crippen LogP contribution is 2.22. The second kappa shape index (κ2) is 5.11. The SMILES string of the molecule is CCC=NC=C1CCCCC1. The maximum atomic E-state index is 4.23. The molecule has 0 aromatic rings. The Labute approximate surface area is 69.2 Å². The van der Waals surface area contributed by atoms with Crippen LogP contribution in [0.2, 0.25) is 0 Å². The van der Waals surface area contributed by atoms with E-state index in [0.29, 0.717) is 0 Å². The van der Waals surface area contributed by atoms with Crippen molar-refractivity contribution in [3.8, 4) is 0 Å². The van der Waals surface area contributed by atoms with Gasteiger partial charge in [0.1, 0.15) is 0 Å². The second-order valence-corrected chi connectivity index (χ2v) is 3.09. The average Bonchev–Trinajstić information content (AvgIpc) is 2.07. The lowest BCUT2D eigenvalue weighted by Gasteiger charge is -2.11. The summed E-state index contributed by atoms with van der Waals surface area (Å²) < 4.78 is 0. The normalized spacial score (nSPS) is 19.2. The van der Waals surface area contributed by atoms with Crippen molar-refractivity contribution >= 4 is 6.21 Å². The van der Waals surface area contributed by atoms with Crippen LogP contribution in [0.5, 0.6) is 0 Å². The smallest absolute Gasteiger partial charge is 0.0255 e. The highest BCUT2D eigenvalue weighted by Gasteiger charge is 2.03. The van der Waals surface area contributed by atoms with Crippen LogP contribution in [0.15, 0.2) is 16.8 Å². The van der Waals surface area contributed by atoms with Crippen LogP contribution in [-0.2, 0) is 0 Å². The minimum Gasteiger partial charge on any atom is -0.269 e. The Morgan fingerprint density at radius 2 is 2.00 bits per heavy atom. The molecular formula is C10H17N. The first kappa shape index (κ1) is 8.51. The van der Waals surface area contributed by atoms with Gasteiger partial charge >= 0.3 is 0 Å². The lowest BCUT2D eigenvalue weighted by molar-refractivity contribution is 0.598. The molecule has 0 atom stereocenters. The summed E-state index contributed by atoms with van der Waals surface area (Å²) in [7, 11) is 0. The topological polar surface area (TPSA) is 12.4 Å². The lowest BCUT2D eigenvalue weighted by atomic mass is 9.96. The molecule has 1 heteroatoms. The highest BCUT2D eigenvalue weighted by atomic mass is 14.7. The summed E-state index contributed by atoms with van der Waals surface area (Å²) in [6.45, 7) is 2.11. The first-order valence-corrected chi connectivity index (χ1v) is 4.63. The Morgan fingerprint density at radius 1 is 1.27 bits per heavy atom. The number of rotatable bonds is 2. The molecule has 1 aliphatic rings. The van der Waals surface area contributed by atoms with Crippen molar-refractivity contribution < 1.29 is 0 Å². The first-order chi connectivity index (χ1) is 5.43. The zero-order valence-electron chi connectivity index (χ0n) is 7.34. The minimum absolute atomic E-state index is 1.05. The molecule has 0 unspecified atom stereocenters. The van der Waals surface area contributed by atoms with Gasteiger partial charge in [0, 0.05) is 12.4 Å². The predicted octanol–water partition coefficient (Wildman–Crippen LogP) is 3.32. The Morgan fingerprint density at radius 3 is 2.64 bits per heavy atom. The van der Waals surface area contributed by atoms with Crippen LogP contribution in [0.25, 0.3) is 0 Å². The Bertz CT molecular complexity index is 148. The average molecular weight is 151 g/mol. The van der Waals surface area contributed by atoms with Gasteiger partial charge in [-0.1, -0.05) is 18.9 Å². The summed E-state index contributed by atoms with van der Waals surface area (Å²) in [4.78, 5) is 4.23. The molecule has 0 heterocycles. The Hall–Kier alpha value is -0.590. The van der Waals surface area contributed by atoms with E-state index >= 15 is 0 Å². The van der Waals surface area contributed by atoms with Crippen LogP contribution >= 0.6 is 0 Å². The third-order valence-corrected chi connectivity index (χ3v) is 2.04. The molecule has 0 amide bonds. The van der Waals surface area contributed by atoms with Crippen LogP contribution in [0.1, 0.15) is 45.4 Å². The maximum absolute atomic E-state index is 4.23. The van der Waals surface area contributed by atoms with E-state index < -0.39 is 0 Å². The molecule has 1 fully saturated rings. The van der Waals surface area contributed by atoms with Crippen LogP contribution in [-0.4, -0.2) is 6.21 Å². The summed E-state index contributed by atoms with van der Waals surface area (Å²) in [6.07, 6.45) is 11.8. The molecule has 1 aliphatic carbocycles. The summed E-state index contributed by atoms with van der Waals surface area (Å²) in [5.41, 5.74) is 1.54. The summed E-state index contributed by atoms with van der Waals surface area (Å²) in [5, 5.41) is 0. The van der Waals surface area contributed by atoms with Gasteiger partial charge in [-0.15, -0.1) is 0 Å². The van der Waals surface area contributed by atoms with Crippen LogP contribution in [0, 0.1) is 0 Å². The van der Waals surface area contributed by atoms with E-state index in [9.17, 15) is 0 Å². The van der Waals surface area contributed by atoms with Gasteiger partial charge in [0.2, 0.25) is 0 Å². The van der Waals surface area contributed by atoms with Crippen molar-refractivity contribution in [2.45, 2.75) is 45.4 Å². The van der Waals surface area contributed by atoms with E-state index in [1.165, 1.54) is 32.1 Å². The molecule has 0 saturated heterocycles. The Balaban J connectivity index is 2.31. The van der Waals surface area contributed by atoms with Crippen molar-refractivity contribution in [2.75, 3.05) is 0 Å². The lowest BCUT2D eigenvalue weighted by Crippen LogP contribution is -1.92. The van der Waals surface area contributed by atoms with Crippen LogP contribution in [0.3, 0.4) is 0 Å². The zero-order chi connectivity index (χ0) is 7.94. The summed E-state index contributed by atoms with van der Waals surface area (Å²) >= 11 is 0. The predicted molar refractivity (Wildman–Crippen MR) is 50.0 cm³/mol. The molecule has 0 aromatic carbocycles. The van der Waals surface area contributed by atoms with E-state index in [1.807, 2.05) is 6.21 Å². The zero-order valence-corrected chi connectivity index (χ0v) is 7.34. The molecule has 0 bridgehead atoms. The maximum Gasteiger partial charge on any atom is 0.0255 e. The van der Waals surface area contributed by atoms with Crippen LogP contribution < -0.4 is 0 Å². The molecule has 0 aliphatic heterocycles. The first-order valence-electron chi connectivity index (χ1n) is 4.63. The number of hydrogen-bond acceptors (Lipinski definition) is 1. The van der Waals surface area contributed by atoms with Crippen molar-refractivity contribution in [1.82, 2.24) is 0 Å².